The highest BCUT2D eigenvalue weighted by Gasteiger charge is 2.51. The maximum absolute atomic E-state index is 12.1. The largest absolute Gasteiger partial charge is 0.480 e. The molecule has 0 bridgehead atoms. The van der Waals surface area contributed by atoms with Gasteiger partial charge in [-0.2, -0.15) is 0 Å². The van der Waals surface area contributed by atoms with E-state index in [1.165, 1.54) is 0 Å². The van der Waals surface area contributed by atoms with Crippen molar-refractivity contribution in [3.63, 3.8) is 0 Å². The first-order valence-corrected chi connectivity index (χ1v) is 6.06. The van der Waals surface area contributed by atoms with E-state index in [1.54, 1.807) is 18.2 Å². The molecule has 1 amide bonds. The number of aliphatic carboxylic acids is 1. The van der Waals surface area contributed by atoms with Gasteiger partial charge in [0.05, 0.1) is 0 Å². The fraction of sp³-hybridized carbons (Fsp3) is 0.385. The molecule has 1 fully saturated rings. The van der Waals surface area contributed by atoms with Crippen LogP contribution in [0, 0.1) is 5.41 Å². The van der Waals surface area contributed by atoms with E-state index in [2.05, 4.69) is 5.32 Å². The van der Waals surface area contributed by atoms with Crippen molar-refractivity contribution >= 4 is 17.6 Å². The van der Waals surface area contributed by atoms with Gasteiger partial charge in [0.2, 0.25) is 12.7 Å². The van der Waals surface area contributed by atoms with Crippen LogP contribution in [0.4, 0.5) is 5.69 Å². The van der Waals surface area contributed by atoms with Crippen LogP contribution in [0.15, 0.2) is 18.2 Å². The van der Waals surface area contributed by atoms with Gasteiger partial charge in [-0.15, -0.1) is 0 Å². The molecule has 6 nitrogen and oxygen atoms in total. The monoisotopic (exact) mass is 263 g/mol. The highest BCUT2D eigenvalue weighted by molar-refractivity contribution is 6.09. The third kappa shape index (κ3) is 1.80. The fourth-order valence-electron chi connectivity index (χ4n) is 2.29. The zero-order valence-corrected chi connectivity index (χ0v) is 10.1. The molecule has 3 rings (SSSR count). The van der Waals surface area contributed by atoms with Gasteiger partial charge in [0.15, 0.2) is 11.5 Å². The minimum Gasteiger partial charge on any atom is -0.480 e. The van der Waals surface area contributed by atoms with E-state index in [9.17, 15) is 14.7 Å². The summed E-state index contributed by atoms with van der Waals surface area (Å²) < 4.78 is 10.4. The molecule has 1 heterocycles. The van der Waals surface area contributed by atoms with Gasteiger partial charge in [-0.25, -0.2) is 0 Å². The summed E-state index contributed by atoms with van der Waals surface area (Å²) in [7, 11) is 0. The second-order valence-corrected chi connectivity index (χ2v) is 4.76. The van der Waals surface area contributed by atoms with Gasteiger partial charge < -0.3 is 19.9 Å². The van der Waals surface area contributed by atoms with Crippen LogP contribution in [-0.2, 0) is 9.59 Å². The Morgan fingerprint density at radius 3 is 2.58 bits per heavy atom. The first-order chi connectivity index (χ1) is 9.12. The van der Waals surface area contributed by atoms with Crippen molar-refractivity contribution in [3.05, 3.63) is 18.2 Å². The van der Waals surface area contributed by atoms with Crippen molar-refractivity contribution in [1.82, 2.24) is 0 Å². The Hall–Kier alpha value is -2.24. The van der Waals surface area contributed by atoms with Crippen LogP contribution in [0.3, 0.4) is 0 Å². The van der Waals surface area contributed by atoms with E-state index in [-0.39, 0.29) is 6.79 Å². The lowest BCUT2D eigenvalue weighted by molar-refractivity contribution is -0.159. The highest BCUT2D eigenvalue weighted by atomic mass is 16.7. The van der Waals surface area contributed by atoms with Crippen LogP contribution in [0.2, 0.25) is 0 Å². The van der Waals surface area contributed by atoms with E-state index in [1.807, 2.05) is 0 Å². The van der Waals surface area contributed by atoms with Crippen LogP contribution >= 0.6 is 0 Å². The number of carbonyl (C=O) groups is 2. The molecule has 1 aliphatic carbocycles. The summed E-state index contributed by atoms with van der Waals surface area (Å²) in [6.07, 6.45) is 1.54. The van der Waals surface area contributed by atoms with E-state index < -0.39 is 17.3 Å². The molecule has 6 heteroatoms. The van der Waals surface area contributed by atoms with Crippen molar-refractivity contribution in [1.29, 1.82) is 0 Å². The number of amides is 1. The van der Waals surface area contributed by atoms with Crippen molar-refractivity contribution in [2.75, 3.05) is 12.1 Å². The van der Waals surface area contributed by atoms with E-state index in [4.69, 9.17) is 9.47 Å². The number of carboxylic acid groups (broad SMARTS) is 1. The zero-order valence-electron chi connectivity index (χ0n) is 10.1. The minimum atomic E-state index is -1.27. The molecule has 0 unspecified atom stereocenters. The smallest absolute Gasteiger partial charge is 0.319 e. The van der Waals surface area contributed by atoms with Crippen LogP contribution < -0.4 is 14.8 Å². The Kier molecular flexibility index (Phi) is 2.58. The Labute approximate surface area is 109 Å². The molecule has 0 saturated heterocycles. The number of nitrogens with one attached hydrogen (secondary N) is 1. The van der Waals surface area contributed by atoms with Crippen molar-refractivity contribution in [2.45, 2.75) is 19.3 Å². The van der Waals surface area contributed by atoms with Crippen LogP contribution in [0.25, 0.3) is 0 Å². The van der Waals surface area contributed by atoms with Gasteiger partial charge in [-0.1, -0.05) is 6.42 Å². The predicted octanol–water partition coefficient (Wildman–Crippen LogP) is 1.61. The summed E-state index contributed by atoms with van der Waals surface area (Å²) in [4.78, 5) is 23.3. The third-order valence-corrected chi connectivity index (χ3v) is 3.68. The lowest BCUT2D eigenvalue weighted by atomic mass is 9.68. The quantitative estimate of drug-likeness (QED) is 0.809. The molecule has 1 aromatic carbocycles. The molecule has 100 valence electrons. The number of ether oxygens (including phenoxy) is 2. The molecular weight excluding hydrogens is 250 g/mol. The Morgan fingerprint density at radius 2 is 1.95 bits per heavy atom. The van der Waals surface area contributed by atoms with E-state index in [0.29, 0.717) is 30.0 Å². The first kappa shape index (κ1) is 11.8. The van der Waals surface area contributed by atoms with Crippen LogP contribution in [-0.4, -0.2) is 23.8 Å². The number of fused-ring (bicyclic) bond motifs is 1. The molecule has 0 spiro atoms. The number of anilines is 1. The number of carbonyl (C=O) groups excluding carboxylic acids is 1. The number of carboxylic acids is 1. The normalized spacial score (nSPS) is 18.5. The molecule has 0 aromatic heterocycles. The summed E-state index contributed by atoms with van der Waals surface area (Å²) in [6.45, 7) is 0.159. The summed E-state index contributed by atoms with van der Waals surface area (Å²) >= 11 is 0. The molecule has 1 saturated carbocycles. The average Bonchev–Trinajstić information content (AvgIpc) is 2.73. The van der Waals surface area contributed by atoms with Crippen molar-refractivity contribution < 1.29 is 24.2 Å². The average molecular weight is 263 g/mol. The third-order valence-electron chi connectivity index (χ3n) is 3.68. The molecule has 1 aliphatic heterocycles. The van der Waals surface area contributed by atoms with Gasteiger partial charge >= 0.3 is 5.97 Å². The molecule has 2 N–H and O–H groups in total. The lowest BCUT2D eigenvalue weighted by Gasteiger charge is -2.35. The van der Waals surface area contributed by atoms with Gasteiger partial charge in [0.25, 0.3) is 0 Å². The molecule has 19 heavy (non-hydrogen) atoms. The molecule has 0 atom stereocenters. The van der Waals surface area contributed by atoms with Crippen LogP contribution in [0.5, 0.6) is 11.5 Å². The highest BCUT2D eigenvalue weighted by Crippen LogP contribution is 2.42. The van der Waals surface area contributed by atoms with Gasteiger partial charge in [0, 0.05) is 11.8 Å². The van der Waals surface area contributed by atoms with Crippen molar-refractivity contribution in [2.24, 2.45) is 5.41 Å². The van der Waals surface area contributed by atoms with Crippen molar-refractivity contribution in [3.8, 4) is 11.5 Å². The van der Waals surface area contributed by atoms with Gasteiger partial charge in [0.1, 0.15) is 5.41 Å². The van der Waals surface area contributed by atoms with E-state index in [0.717, 1.165) is 6.42 Å². The predicted molar refractivity (Wildman–Crippen MR) is 65.1 cm³/mol. The van der Waals surface area contributed by atoms with Gasteiger partial charge in [-0.3, -0.25) is 9.59 Å². The Balaban J connectivity index is 1.78. The Morgan fingerprint density at radius 1 is 1.21 bits per heavy atom. The summed E-state index contributed by atoms with van der Waals surface area (Å²) in [5.41, 5.74) is -0.752. The summed E-state index contributed by atoms with van der Waals surface area (Å²) in [6, 6.07) is 4.99. The maximum Gasteiger partial charge on any atom is 0.319 e. The number of hydrogen-bond acceptors (Lipinski definition) is 4. The minimum absolute atomic E-state index is 0.159. The van der Waals surface area contributed by atoms with Crippen LogP contribution in [0.1, 0.15) is 19.3 Å². The topological polar surface area (TPSA) is 84.9 Å². The number of benzene rings is 1. The standard InChI is InChI=1S/C13H13NO5/c15-11(13(12(16)17)4-1-5-13)14-8-2-3-9-10(6-8)19-7-18-9/h2-3,6H,1,4-5,7H2,(H,14,15)(H,16,17). The molecule has 1 aromatic rings. The summed E-state index contributed by atoms with van der Waals surface area (Å²) in [5.74, 6) is -0.354. The second-order valence-electron chi connectivity index (χ2n) is 4.76. The fourth-order valence-corrected chi connectivity index (χ4v) is 2.29. The molecule has 2 aliphatic rings. The number of hydrogen-bond donors (Lipinski definition) is 2. The molecular formula is C13H13NO5. The van der Waals surface area contributed by atoms with Gasteiger partial charge in [-0.05, 0) is 25.0 Å². The molecule has 0 radical (unpaired) electrons. The SMILES string of the molecule is O=C(O)C1(C(=O)Nc2ccc3c(c2)OCO3)CCC1. The zero-order chi connectivity index (χ0) is 13.5. The first-order valence-electron chi connectivity index (χ1n) is 6.06. The maximum atomic E-state index is 12.1. The lowest BCUT2D eigenvalue weighted by Crippen LogP contribution is -2.48. The second kappa shape index (κ2) is 4.15. The van der Waals surface area contributed by atoms with E-state index >= 15 is 0 Å². The Bertz CT molecular complexity index is 550. The summed E-state index contributed by atoms with van der Waals surface area (Å²) in [5, 5.41) is 11.8. The number of rotatable bonds is 3.